The van der Waals surface area contributed by atoms with E-state index >= 15 is 0 Å². The summed E-state index contributed by atoms with van der Waals surface area (Å²) < 4.78 is 0.557. The van der Waals surface area contributed by atoms with Crippen LogP contribution in [0.4, 0.5) is 0 Å². The van der Waals surface area contributed by atoms with Gasteiger partial charge in [-0.05, 0) is 0 Å². The Bertz CT molecular complexity index is 113. The molecule has 0 aromatic heterocycles. The van der Waals surface area contributed by atoms with Gasteiger partial charge in [-0.2, -0.15) is 0 Å². The molecule has 0 nitrogen and oxygen atoms in total. The molecule has 0 aliphatic carbocycles. The molecule has 0 saturated carbocycles. The molecule has 0 spiro atoms. The van der Waals surface area contributed by atoms with E-state index in [0.29, 0.717) is 0 Å². The lowest BCUT2D eigenvalue weighted by Gasteiger charge is -2.17. The molecule has 0 bridgehead atoms. The van der Waals surface area contributed by atoms with Gasteiger partial charge in [0.1, 0.15) is 0 Å². The van der Waals surface area contributed by atoms with Crippen molar-refractivity contribution in [3.05, 3.63) is 11.1 Å². The number of allylic oxidation sites excluding steroid dienone is 1. The summed E-state index contributed by atoms with van der Waals surface area (Å²) in [6.45, 7) is 3.70. The molecule has 0 N–H and O–H groups in total. The minimum atomic E-state index is -0.312. The average Bonchev–Trinajstić information content (AvgIpc) is 1.62. The van der Waals surface area contributed by atoms with Gasteiger partial charge in [0.15, 0.2) is 2.14 Å². The van der Waals surface area contributed by atoms with Gasteiger partial charge in [0, 0.05) is 4.48 Å². The molecule has 0 aromatic rings. The van der Waals surface area contributed by atoms with Crippen LogP contribution in [-0.2, 0) is 0 Å². The summed E-state index contributed by atoms with van der Waals surface area (Å²) in [5, 5.41) is 0. The van der Waals surface area contributed by atoms with Crippen LogP contribution in [0.15, 0.2) is 11.1 Å². The van der Waals surface area contributed by atoms with E-state index in [4.69, 9.17) is 0 Å². The zero-order chi connectivity index (χ0) is 7.65. The Morgan fingerprint density at radius 2 is 1.67 bits per heavy atom. The summed E-state index contributed by atoms with van der Waals surface area (Å²) in [7, 11) is 0. The SMILES string of the molecule is C=C(Br)C(Br)C(Br)(Br)Br. The zero-order valence-corrected chi connectivity index (χ0v) is 12.1. The Morgan fingerprint density at radius 3 is 1.67 bits per heavy atom. The van der Waals surface area contributed by atoms with Gasteiger partial charge in [-0.15, -0.1) is 0 Å². The van der Waals surface area contributed by atoms with Crippen molar-refractivity contribution in [1.29, 1.82) is 0 Å². The van der Waals surface area contributed by atoms with E-state index in [1.807, 2.05) is 0 Å². The monoisotopic (exact) mass is 446 g/mol. The van der Waals surface area contributed by atoms with Crippen molar-refractivity contribution in [2.45, 2.75) is 6.97 Å². The van der Waals surface area contributed by atoms with E-state index < -0.39 is 0 Å². The normalized spacial score (nSPS) is 15.2. The second-order valence-corrected chi connectivity index (χ2v) is 10.2. The van der Waals surface area contributed by atoms with Crippen LogP contribution in [0.5, 0.6) is 0 Å². The van der Waals surface area contributed by atoms with E-state index in [-0.39, 0.29) is 6.97 Å². The first-order valence-corrected chi connectivity index (χ1v) is 5.99. The molecule has 0 saturated heterocycles. The smallest absolute Gasteiger partial charge is 0.0876 e. The first kappa shape index (κ1) is 11.1. The van der Waals surface area contributed by atoms with Crippen molar-refractivity contribution in [2.75, 3.05) is 0 Å². The molecule has 54 valence electrons. The lowest BCUT2D eigenvalue weighted by atomic mass is 10.5. The highest BCUT2D eigenvalue weighted by Gasteiger charge is 2.29. The molecule has 0 amide bonds. The van der Waals surface area contributed by atoms with Crippen molar-refractivity contribution in [1.82, 2.24) is 0 Å². The van der Waals surface area contributed by atoms with E-state index in [1.54, 1.807) is 0 Å². The molecular formula is C4H3Br5. The van der Waals surface area contributed by atoms with Gasteiger partial charge < -0.3 is 0 Å². The van der Waals surface area contributed by atoms with Gasteiger partial charge in [0.05, 0.1) is 4.83 Å². The third-order valence-corrected chi connectivity index (χ3v) is 6.09. The van der Waals surface area contributed by atoms with Gasteiger partial charge in [0.2, 0.25) is 0 Å². The second kappa shape index (κ2) is 4.24. The summed E-state index contributed by atoms with van der Waals surface area (Å²) in [5.41, 5.74) is 0. The summed E-state index contributed by atoms with van der Waals surface area (Å²) >= 11 is 16.6. The molecule has 0 aliphatic rings. The Labute approximate surface area is 96.5 Å². The Balaban J connectivity index is 4.04. The highest BCUT2D eigenvalue weighted by molar-refractivity contribution is 9.40. The van der Waals surface area contributed by atoms with Gasteiger partial charge in [-0.1, -0.05) is 86.2 Å². The molecule has 0 heterocycles. The molecular weight excluding hydrogens is 448 g/mol. The molecule has 1 atom stereocenters. The Morgan fingerprint density at radius 1 is 1.33 bits per heavy atom. The molecule has 0 aromatic carbocycles. The number of hydrogen-bond acceptors (Lipinski definition) is 0. The maximum atomic E-state index is 3.70. The Hall–Kier alpha value is 2.14. The molecule has 0 radical (unpaired) electrons. The molecule has 0 rings (SSSR count). The number of alkyl halides is 4. The minimum Gasteiger partial charge on any atom is -0.0876 e. The predicted molar refractivity (Wildman–Crippen MR) is 60.3 cm³/mol. The van der Waals surface area contributed by atoms with Crippen LogP contribution >= 0.6 is 79.6 Å². The van der Waals surface area contributed by atoms with Gasteiger partial charge in [-0.25, -0.2) is 0 Å². The third-order valence-electron chi connectivity index (χ3n) is 0.562. The highest BCUT2D eigenvalue weighted by atomic mass is 80.0. The topological polar surface area (TPSA) is 0 Å². The predicted octanol–water partition coefficient (Wildman–Crippen LogP) is 4.50. The van der Waals surface area contributed by atoms with Crippen LogP contribution in [-0.4, -0.2) is 6.97 Å². The summed E-state index contributed by atoms with van der Waals surface area (Å²) in [4.78, 5) is 0.102. The zero-order valence-electron chi connectivity index (χ0n) is 4.17. The van der Waals surface area contributed by atoms with Crippen LogP contribution in [0.1, 0.15) is 0 Å². The third kappa shape index (κ3) is 4.56. The maximum Gasteiger partial charge on any atom is 0.151 e. The van der Waals surface area contributed by atoms with Crippen molar-refractivity contribution in [3.8, 4) is 0 Å². The van der Waals surface area contributed by atoms with Crippen LogP contribution in [0.25, 0.3) is 0 Å². The number of halogens is 5. The minimum absolute atomic E-state index is 0.102. The molecule has 9 heavy (non-hydrogen) atoms. The quantitative estimate of drug-likeness (QED) is 0.516. The maximum absolute atomic E-state index is 3.70. The summed E-state index contributed by atoms with van der Waals surface area (Å²) in [6.07, 6.45) is 0. The first-order chi connectivity index (χ1) is 3.85. The largest absolute Gasteiger partial charge is 0.151 e. The lowest BCUT2D eigenvalue weighted by Crippen LogP contribution is -2.16. The second-order valence-electron chi connectivity index (χ2n) is 1.35. The molecule has 5 heteroatoms. The lowest BCUT2D eigenvalue weighted by molar-refractivity contribution is 1.21. The van der Waals surface area contributed by atoms with E-state index in [1.165, 1.54) is 0 Å². The van der Waals surface area contributed by atoms with E-state index in [9.17, 15) is 0 Å². The Kier molecular flexibility index (Phi) is 5.24. The van der Waals surface area contributed by atoms with Crippen LogP contribution in [0.2, 0.25) is 0 Å². The average molecular weight is 451 g/mol. The van der Waals surface area contributed by atoms with Gasteiger partial charge >= 0.3 is 0 Å². The molecule has 1 unspecified atom stereocenters. The molecule has 0 fully saturated rings. The van der Waals surface area contributed by atoms with Gasteiger partial charge in [0.25, 0.3) is 0 Å². The van der Waals surface area contributed by atoms with E-state index in [0.717, 1.165) is 4.48 Å². The number of hydrogen-bond donors (Lipinski definition) is 0. The first-order valence-electron chi connectivity index (χ1n) is 1.91. The summed E-state index contributed by atoms with van der Waals surface area (Å²) in [5.74, 6) is 0. The molecule has 0 aliphatic heterocycles. The fourth-order valence-corrected chi connectivity index (χ4v) is 2.27. The van der Waals surface area contributed by atoms with Crippen molar-refractivity contribution < 1.29 is 0 Å². The van der Waals surface area contributed by atoms with Crippen LogP contribution in [0, 0.1) is 0 Å². The van der Waals surface area contributed by atoms with Crippen LogP contribution in [0.3, 0.4) is 0 Å². The van der Waals surface area contributed by atoms with E-state index in [2.05, 4.69) is 86.2 Å². The van der Waals surface area contributed by atoms with Crippen molar-refractivity contribution in [3.63, 3.8) is 0 Å². The highest BCUT2D eigenvalue weighted by Crippen LogP contribution is 2.44. The standard InChI is InChI=1S/C4H3Br5/c1-2(5)3(6)4(7,8)9/h3H,1H2. The number of rotatable bonds is 1. The van der Waals surface area contributed by atoms with Gasteiger partial charge in [-0.3, -0.25) is 0 Å². The van der Waals surface area contributed by atoms with Crippen LogP contribution < -0.4 is 0 Å². The fraction of sp³-hybridized carbons (Fsp3) is 0.500. The fourth-order valence-electron chi connectivity index (χ4n) is 0.178. The van der Waals surface area contributed by atoms with Crippen molar-refractivity contribution >= 4 is 79.6 Å². The summed E-state index contributed by atoms with van der Waals surface area (Å²) in [6, 6.07) is 0. The van der Waals surface area contributed by atoms with Crippen molar-refractivity contribution in [2.24, 2.45) is 0 Å².